The molecule has 3 N–H and O–H groups in total. The predicted octanol–water partition coefficient (Wildman–Crippen LogP) is 3.15. The number of nitrogens with two attached hydrogens (primary N) is 1. The van der Waals surface area contributed by atoms with Gasteiger partial charge in [0, 0.05) is 23.6 Å². The maximum Gasteiger partial charge on any atom is 0.0624 e. The first-order valence-corrected chi connectivity index (χ1v) is 7.65. The Hall–Kier alpha value is -0.880. The summed E-state index contributed by atoms with van der Waals surface area (Å²) >= 11 is 9.54. The van der Waals surface area contributed by atoms with Gasteiger partial charge >= 0.3 is 0 Å². The molecule has 0 aliphatic carbocycles. The third-order valence-corrected chi connectivity index (χ3v) is 4.58. The SMILES string of the molecule is CCc1cc(CC(NN)c2ccc(Br)c(Cl)c2)n(C)n1. The third kappa shape index (κ3) is 3.41. The molecule has 20 heavy (non-hydrogen) atoms. The van der Waals surface area contributed by atoms with E-state index in [9.17, 15) is 0 Å². The zero-order valence-corrected chi connectivity index (χ0v) is 13.9. The quantitative estimate of drug-likeness (QED) is 0.638. The molecule has 108 valence electrons. The number of hydrogen-bond donors (Lipinski definition) is 2. The van der Waals surface area contributed by atoms with Gasteiger partial charge in [-0.05, 0) is 46.1 Å². The summed E-state index contributed by atoms with van der Waals surface area (Å²) < 4.78 is 2.79. The number of hydrazine groups is 1. The Morgan fingerprint density at radius 3 is 2.75 bits per heavy atom. The van der Waals surface area contributed by atoms with Crippen molar-refractivity contribution in [2.45, 2.75) is 25.8 Å². The molecule has 1 aromatic carbocycles. The molecule has 2 aromatic rings. The van der Waals surface area contributed by atoms with Crippen LogP contribution in [0.2, 0.25) is 5.02 Å². The zero-order chi connectivity index (χ0) is 14.7. The number of nitrogens with one attached hydrogen (secondary N) is 1. The summed E-state index contributed by atoms with van der Waals surface area (Å²) in [5.74, 6) is 5.70. The first kappa shape index (κ1) is 15.5. The molecule has 1 heterocycles. The van der Waals surface area contributed by atoms with E-state index in [2.05, 4.69) is 39.4 Å². The van der Waals surface area contributed by atoms with Gasteiger partial charge in [-0.2, -0.15) is 5.10 Å². The van der Waals surface area contributed by atoms with Crippen molar-refractivity contribution in [3.05, 3.63) is 50.7 Å². The summed E-state index contributed by atoms with van der Waals surface area (Å²) in [6, 6.07) is 7.99. The molecule has 2 rings (SSSR count). The van der Waals surface area contributed by atoms with Gasteiger partial charge in [-0.25, -0.2) is 0 Å². The predicted molar refractivity (Wildman–Crippen MR) is 85.5 cm³/mol. The number of aromatic nitrogens is 2. The Morgan fingerprint density at radius 1 is 1.45 bits per heavy atom. The summed E-state index contributed by atoms with van der Waals surface area (Å²) in [5.41, 5.74) is 6.14. The molecular weight excluding hydrogens is 340 g/mol. The van der Waals surface area contributed by atoms with Crippen LogP contribution in [-0.2, 0) is 19.9 Å². The van der Waals surface area contributed by atoms with Crippen molar-refractivity contribution < 1.29 is 0 Å². The zero-order valence-electron chi connectivity index (χ0n) is 11.5. The van der Waals surface area contributed by atoms with Gasteiger partial charge < -0.3 is 0 Å². The van der Waals surface area contributed by atoms with E-state index < -0.39 is 0 Å². The normalized spacial score (nSPS) is 12.7. The minimum absolute atomic E-state index is 0.000654. The largest absolute Gasteiger partial charge is 0.272 e. The highest BCUT2D eigenvalue weighted by Gasteiger charge is 2.15. The minimum atomic E-state index is 0.000654. The average Bonchev–Trinajstić information content (AvgIpc) is 2.80. The maximum absolute atomic E-state index is 6.14. The van der Waals surface area contributed by atoms with Crippen LogP contribution in [0.1, 0.15) is 29.9 Å². The lowest BCUT2D eigenvalue weighted by Gasteiger charge is -2.17. The van der Waals surface area contributed by atoms with Crippen LogP contribution < -0.4 is 11.3 Å². The second-order valence-corrected chi connectivity index (χ2v) is 5.96. The van der Waals surface area contributed by atoms with Crippen LogP contribution >= 0.6 is 27.5 Å². The van der Waals surface area contributed by atoms with E-state index in [1.807, 2.05) is 29.9 Å². The fourth-order valence-electron chi connectivity index (χ4n) is 2.15. The van der Waals surface area contributed by atoms with Gasteiger partial charge in [0.05, 0.1) is 16.8 Å². The molecule has 6 heteroatoms. The van der Waals surface area contributed by atoms with E-state index in [1.165, 1.54) is 0 Å². The van der Waals surface area contributed by atoms with Crippen LogP contribution in [0.15, 0.2) is 28.7 Å². The van der Waals surface area contributed by atoms with Crippen molar-refractivity contribution in [2.75, 3.05) is 0 Å². The van der Waals surface area contributed by atoms with Crippen molar-refractivity contribution in [1.29, 1.82) is 0 Å². The van der Waals surface area contributed by atoms with Crippen LogP contribution in [0, 0.1) is 0 Å². The van der Waals surface area contributed by atoms with Crippen LogP contribution in [0.3, 0.4) is 0 Å². The van der Waals surface area contributed by atoms with E-state index >= 15 is 0 Å². The molecule has 4 nitrogen and oxygen atoms in total. The highest BCUT2D eigenvalue weighted by atomic mass is 79.9. The molecule has 0 aliphatic heterocycles. The molecular formula is C14H18BrClN4. The van der Waals surface area contributed by atoms with E-state index in [-0.39, 0.29) is 6.04 Å². The molecule has 0 spiro atoms. The smallest absolute Gasteiger partial charge is 0.0624 e. The van der Waals surface area contributed by atoms with Crippen molar-refractivity contribution in [1.82, 2.24) is 15.2 Å². The van der Waals surface area contributed by atoms with Crippen LogP contribution in [0.5, 0.6) is 0 Å². The molecule has 1 aromatic heterocycles. The monoisotopic (exact) mass is 356 g/mol. The molecule has 0 aliphatic rings. The lowest BCUT2D eigenvalue weighted by atomic mass is 10.0. The van der Waals surface area contributed by atoms with Gasteiger partial charge in [-0.3, -0.25) is 16.0 Å². The van der Waals surface area contributed by atoms with Crippen LogP contribution in [-0.4, -0.2) is 9.78 Å². The van der Waals surface area contributed by atoms with Gasteiger partial charge in [0.15, 0.2) is 0 Å². The van der Waals surface area contributed by atoms with E-state index in [0.717, 1.165) is 34.3 Å². The molecule has 0 saturated carbocycles. The first-order chi connectivity index (χ1) is 9.55. The Labute approximate surface area is 132 Å². The topological polar surface area (TPSA) is 55.9 Å². The number of halogens is 2. The summed E-state index contributed by atoms with van der Waals surface area (Å²) in [5, 5.41) is 5.14. The van der Waals surface area contributed by atoms with Crippen molar-refractivity contribution >= 4 is 27.5 Å². The molecule has 0 saturated heterocycles. The second kappa shape index (κ2) is 6.72. The number of rotatable bonds is 5. The van der Waals surface area contributed by atoms with Crippen LogP contribution in [0.25, 0.3) is 0 Å². The second-order valence-electron chi connectivity index (χ2n) is 4.70. The Morgan fingerprint density at radius 2 is 2.20 bits per heavy atom. The van der Waals surface area contributed by atoms with Gasteiger partial charge in [0.1, 0.15) is 0 Å². The summed E-state index contributed by atoms with van der Waals surface area (Å²) in [4.78, 5) is 0. The molecule has 1 unspecified atom stereocenters. The Kier molecular flexibility index (Phi) is 5.21. The first-order valence-electron chi connectivity index (χ1n) is 6.48. The van der Waals surface area contributed by atoms with Crippen molar-refractivity contribution in [2.24, 2.45) is 12.9 Å². The molecule has 0 amide bonds. The number of aryl methyl sites for hydroxylation is 2. The van der Waals surface area contributed by atoms with Crippen LogP contribution in [0.4, 0.5) is 0 Å². The van der Waals surface area contributed by atoms with Gasteiger partial charge in [0.25, 0.3) is 0 Å². The van der Waals surface area contributed by atoms with Crippen molar-refractivity contribution in [3.8, 4) is 0 Å². The Balaban J connectivity index is 2.23. The fraction of sp³-hybridized carbons (Fsp3) is 0.357. The molecule has 0 bridgehead atoms. The average molecular weight is 358 g/mol. The number of hydrogen-bond acceptors (Lipinski definition) is 3. The highest BCUT2D eigenvalue weighted by molar-refractivity contribution is 9.10. The molecule has 1 atom stereocenters. The summed E-state index contributed by atoms with van der Waals surface area (Å²) in [7, 11) is 1.95. The highest BCUT2D eigenvalue weighted by Crippen LogP contribution is 2.27. The van der Waals surface area contributed by atoms with E-state index in [1.54, 1.807) is 0 Å². The fourth-order valence-corrected chi connectivity index (χ4v) is 2.58. The minimum Gasteiger partial charge on any atom is -0.272 e. The third-order valence-electron chi connectivity index (χ3n) is 3.35. The summed E-state index contributed by atoms with van der Waals surface area (Å²) in [6.45, 7) is 2.10. The van der Waals surface area contributed by atoms with E-state index in [0.29, 0.717) is 5.02 Å². The number of benzene rings is 1. The maximum atomic E-state index is 6.14. The van der Waals surface area contributed by atoms with E-state index in [4.69, 9.17) is 17.4 Å². The van der Waals surface area contributed by atoms with Gasteiger partial charge in [-0.15, -0.1) is 0 Å². The Bertz CT molecular complexity index is 597. The van der Waals surface area contributed by atoms with Gasteiger partial charge in [-0.1, -0.05) is 24.6 Å². The molecule has 0 fully saturated rings. The lowest BCUT2D eigenvalue weighted by Crippen LogP contribution is -2.30. The van der Waals surface area contributed by atoms with Crippen molar-refractivity contribution in [3.63, 3.8) is 0 Å². The molecule has 0 radical (unpaired) electrons. The number of nitrogens with zero attached hydrogens (tertiary/aromatic N) is 2. The lowest BCUT2D eigenvalue weighted by molar-refractivity contribution is 0.530. The summed E-state index contributed by atoms with van der Waals surface area (Å²) in [6.07, 6.45) is 1.69. The standard InChI is InChI=1S/C14H18BrClN4/c1-3-10-7-11(20(2)19-10)8-14(18-17)9-4-5-12(15)13(16)6-9/h4-7,14,18H,3,8,17H2,1-2H3. The van der Waals surface area contributed by atoms with Gasteiger partial charge in [0.2, 0.25) is 0 Å².